The van der Waals surface area contributed by atoms with E-state index < -0.39 is 11.6 Å². The molecule has 0 fully saturated rings. The number of benzene rings is 2. The number of nitrogens with zero attached hydrogens (tertiary/aromatic N) is 2. The van der Waals surface area contributed by atoms with Gasteiger partial charge >= 0.3 is 11.6 Å². The van der Waals surface area contributed by atoms with E-state index in [0.29, 0.717) is 33.7 Å². The van der Waals surface area contributed by atoms with E-state index >= 15 is 0 Å². The molecule has 30 heavy (non-hydrogen) atoms. The van der Waals surface area contributed by atoms with Crippen LogP contribution in [-0.4, -0.2) is 15.5 Å². The van der Waals surface area contributed by atoms with E-state index in [2.05, 4.69) is 4.98 Å². The van der Waals surface area contributed by atoms with Crippen LogP contribution in [0.3, 0.4) is 0 Å². The lowest BCUT2D eigenvalue weighted by atomic mass is 10.1. The number of halogens is 2. The lowest BCUT2D eigenvalue weighted by Crippen LogP contribution is -2.12. The number of aryl methyl sites for hydroxylation is 1. The van der Waals surface area contributed by atoms with E-state index in [0.717, 1.165) is 5.56 Å². The minimum absolute atomic E-state index is 0.155. The average molecular weight is 427 g/mol. The Bertz CT molecular complexity index is 1290. The van der Waals surface area contributed by atoms with Crippen molar-refractivity contribution in [2.45, 2.75) is 20.0 Å². The first-order valence-electron chi connectivity index (χ1n) is 9.17. The number of hydrogen-bond acceptors (Lipinski definition) is 5. The van der Waals surface area contributed by atoms with Crippen LogP contribution < -0.4 is 5.63 Å². The Morgan fingerprint density at radius 2 is 1.97 bits per heavy atom. The second-order valence-electron chi connectivity index (χ2n) is 6.59. The first-order chi connectivity index (χ1) is 14.5. The number of fused-ring (bicyclic) bond motifs is 1. The molecule has 4 aromatic rings. The zero-order chi connectivity index (χ0) is 21.3. The molecule has 0 unspecified atom stereocenters. The second-order valence-corrected chi connectivity index (χ2v) is 6.99. The molecule has 8 heteroatoms. The molecular weight excluding hydrogens is 411 g/mol. The van der Waals surface area contributed by atoms with E-state index in [1.54, 1.807) is 12.1 Å². The molecule has 0 aliphatic rings. The number of ether oxygens (including phenoxy) is 1. The zero-order valence-electron chi connectivity index (χ0n) is 15.9. The van der Waals surface area contributed by atoms with Crippen molar-refractivity contribution in [1.29, 1.82) is 0 Å². The monoisotopic (exact) mass is 426 g/mol. The van der Waals surface area contributed by atoms with Gasteiger partial charge in [0.15, 0.2) is 5.69 Å². The minimum Gasteiger partial charge on any atom is -0.456 e. The van der Waals surface area contributed by atoms with Crippen LogP contribution in [-0.2, 0) is 17.8 Å². The van der Waals surface area contributed by atoms with Crippen LogP contribution in [0.1, 0.15) is 28.5 Å². The SMILES string of the molecule is CCc1cc2oc(=O)cc(COC(=O)c3cncn3-c3ccc(F)cc3)c2cc1Cl. The van der Waals surface area contributed by atoms with Gasteiger partial charge in [0, 0.05) is 27.7 Å². The molecule has 0 spiro atoms. The van der Waals surface area contributed by atoms with E-state index in [1.807, 2.05) is 6.92 Å². The van der Waals surface area contributed by atoms with Crippen molar-refractivity contribution in [3.63, 3.8) is 0 Å². The highest BCUT2D eigenvalue weighted by Crippen LogP contribution is 2.26. The standard InChI is InChI=1S/C22H16ClFN2O4/c1-2-13-7-20-17(9-18(13)23)14(8-21(27)30-20)11-29-22(28)19-10-25-12-26(19)16-5-3-15(24)4-6-16/h3-10,12H,2,11H2,1H3. The summed E-state index contributed by atoms with van der Waals surface area (Å²) in [4.78, 5) is 28.6. The molecule has 2 aromatic carbocycles. The van der Waals surface area contributed by atoms with E-state index in [4.69, 9.17) is 20.8 Å². The molecule has 0 N–H and O–H groups in total. The number of imidazole rings is 1. The van der Waals surface area contributed by atoms with Gasteiger partial charge < -0.3 is 9.15 Å². The van der Waals surface area contributed by atoms with Gasteiger partial charge in [-0.3, -0.25) is 4.57 Å². The lowest BCUT2D eigenvalue weighted by molar-refractivity contribution is 0.0464. The summed E-state index contributed by atoms with van der Waals surface area (Å²) in [6.45, 7) is 1.79. The van der Waals surface area contributed by atoms with Crippen LogP contribution in [0.15, 0.2) is 64.2 Å². The molecule has 0 saturated carbocycles. The van der Waals surface area contributed by atoms with E-state index in [1.165, 1.54) is 47.4 Å². The van der Waals surface area contributed by atoms with Crippen LogP contribution in [0.25, 0.3) is 16.7 Å². The minimum atomic E-state index is -0.644. The van der Waals surface area contributed by atoms with Crippen LogP contribution >= 0.6 is 11.6 Å². The van der Waals surface area contributed by atoms with Gasteiger partial charge in [-0.25, -0.2) is 19.0 Å². The summed E-state index contributed by atoms with van der Waals surface area (Å²) in [5, 5.41) is 1.14. The fraction of sp³-hybridized carbons (Fsp3) is 0.136. The van der Waals surface area contributed by atoms with Gasteiger partial charge in [0.25, 0.3) is 0 Å². The third-order valence-corrected chi connectivity index (χ3v) is 5.04. The summed E-state index contributed by atoms with van der Waals surface area (Å²) >= 11 is 6.29. The molecule has 4 rings (SSSR count). The van der Waals surface area contributed by atoms with Gasteiger partial charge in [-0.15, -0.1) is 0 Å². The molecule has 0 bridgehead atoms. The van der Waals surface area contributed by atoms with Crippen molar-refractivity contribution >= 4 is 28.5 Å². The fourth-order valence-corrected chi connectivity index (χ4v) is 3.45. The van der Waals surface area contributed by atoms with Gasteiger partial charge in [0.1, 0.15) is 18.0 Å². The summed E-state index contributed by atoms with van der Waals surface area (Å²) in [7, 11) is 0. The molecule has 0 radical (unpaired) electrons. The van der Waals surface area contributed by atoms with Gasteiger partial charge in [0.2, 0.25) is 0 Å². The molecule has 0 saturated heterocycles. The Balaban J connectivity index is 1.62. The number of carbonyl (C=O) groups is 1. The Hall–Kier alpha value is -3.45. The predicted molar refractivity (Wildman–Crippen MR) is 110 cm³/mol. The summed E-state index contributed by atoms with van der Waals surface area (Å²) in [6.07, 6.45) is 3.47. The number of carbonyl (C=O) groups excluding carboxylic acids is 1. The van der Waals surface area contributed by atoms with Crippen LogP contribution in [0.4, 0.5) is 4.39 Å². The quantitative estimate of drug-likeness (QED) is 0.342. The molecular formula is C22H16ClFN2O4. The molecule has 0 atom stereocenters. The molecule has 2 heterocycles. The number of rotatable bonds is 5. The first kappa shape index (κ1) is 19.8. The molecule has 152 valence electrons. The number of aromatic nitrogens is 2. The normalized spacial score (nSPS) is 11.0. The Labute approximate surface area is 175 Å². The molecule has 6 nitrogen and oxygen atoms in total. The van der Waals surface area contributed by atoms with Gasteiger partial charge in [-0.2, -0.15) is 0 Å². The summed E-state index contributed by atoms with van der Waals surface area (Å²) in [5.41, 5.74) is 1.89. The van der Waals surface area contributed by atoms with Crippen LogP contribution in [0.2, 0.25) is 5.02 Å². The summed E-state index contributed by atoms with van der Waals surface area (Å²) in [5.74, 6) is -1.03. The topological polar surface area (TPSA) is 74.3 Å². The largest absolute Gasteiger partial charge is 0.456 e. The van der Waals surface area contributed by atoms with Gasteiger partial charge in [-0.1, -0.05) is 18.5 Å². The lowest BCUT2D eigenvalue weighted by Gasteiger charge is -2.10. The van der Waals surface area contributed by atoms with Crippen molar-refractivity contribution < 1.29 is 18.3 Å². The van der Waals surface area contributed by atoms with Crippen molar-refractivity contribution in [3.05, 3.63) is 93.1 Å². The summed E-state index contributed by atoms with van der Waals surface area (Å²) < 4.78 is 25.3. The fourth-order valence-electron chi connectivity index (χ4n) is 3.15. The van der Waals surface area contributed by atoms with Crippen molar-refractivity contribution in [3.8, 4) is 5.69 Å². The maximum absolute atomic E-state index is 13.2. The summed E-state index contributed by atoms with van der Waals surface area (Å²) in [6, 6.07) is 10.3. The average Bonchev–Trinajstić information content (AvgIpc) is 3.22. The third-order valence-electron chi connectivity index (χ3n) is 4.69. The first-order valence-corrected chi connectivity index (χ1v) is 9.54. The van der Waals surface area contributed by atoms with Crippen molar-refractivity contribution in [2.75, 3.05) is 0 Å². The maximum Gasteiger partial charge on any atom is 0.357 e. The van der Waals surface area contributed by atoms with Crippen LogP contribution in [0, 0.1) is 5.82 Å². The maximum atomic E-state index is 13.2. The molecule has 0 aliphatic heterocycles. The number of esters is 1. The molecule has 2 aromatic heterocycles. The Morgan fingerprint density at radius 3 is 2.70 bits per heavy atom. The second kappa shape index (κ2) is 8.12. The van der Waals surface area contributed by atoms with Gasteiger partial charge in [0.05, 0.1) is 12.5 Å². The van der Waals surface area contributed by atoms with Crippen molar-refractivity contribution in [1.82, 2.24) is 9.55 Å². The smallest absolute Gasteiger partial charge is 0.357 e. The highest BCUT2D eigenvalue weighted by molar-refractivity contribution is 6.32. The van der Waals surface area contributed by atoms with Crippen LogP contribution in [0.5, 0.6) is 0 Å². The van der Waals surface area contributed by atoms with Crippen molar-refractivity contribution in [2.24, 2.45) is 0 Å². The van der Waals surface area contributed by atoms with E-state index in [9.17, 15) is 14.0 Å². The predicted octanol–water partition coefficient (Wildman–Crippen LogP) is 4.69. The number of hydrogen-bond donors (Lipinski definition) is 0. The Morgan fingerprint density at radius 1 is 1.20 bits per heavy atom. The molecule has 0 amide bonds. The van der Waals surface area contributed by atoms with Gasteiger partial charge in [-0.05, 0) is 48.4 Å². The highest BCUT2D eigenvalue weighted by atomic mass is 35.5. The molecule has 0 aliphatic carbocycles. The third kappa shape index (κ3) is 3.84. The highest BCUT2D eigenvalue weighted by Gasteiger charge is 2.17. The zero-order valence-corrected chi connectivity index (χ0v) is 16.6. The van der Waals surface area contributed by atoms with E-state index in [-0.39, 0.29) is 18.1 Å². The Kier molecular flexibility index (Phi) is 5.37.